The predicted molar refractivity (Wildman–Crippen MR) is 76.7 cm³/mol. The van der Waals surface area contributed by atoms with E-state index in [2.05, 4.69) is 9.71 Å². The third kappa shape index (κ3) is 3.25. The molecule has 0 spiro atoms. The highest BCUT2D eigenvalue weighted by atomic mass is 32.2. The fourth-order valence-corrected chi connectivity index (χ4v) is 2.85. The van der Waals surface area contributed by atoms with E-state index in [-0.39, 0.29) is 17.3 Å². The normalized spacial score (nSPS) is 11.2. The maximum absolute atomic E-state index is 12.2. The molecule has 20 heavy (non-hydrogen) atoms. The molecule has 1 aromatic carbocycles. The minimum Gasteiger partial charge on any atom is -0.396 e. The molecule has 4 N–H and O–H groups in total. The summed E-state index contributed by atoms with van der Waals surface area (Å²) in [7, 11) is -3.76. The van der Waals surface area contributed by atoms with Gasteiger partial charge in [-0.3, -0.25) is 4.72 Å². The average molecular weight is 293 g/mol. The summed E-state index contributed by atoms with van der Waals surface area (Å²) >= 11 is 0. The number of aliphatic hydroxyl groups is 1. The third-order valence-corrected chi connectivity index (χ3v) is 4.12. The average Bonchev–Trinajstić information content (AvgIpc) is 2.41. The second-order valence-corrected chi connectivity index (χ2v) is 5.81. The Kier molecular flexibility index (Phi) is 4.21. The zero-order valence-electron chi connectivity index (χ0n) is 10.7. The topological polar surface area (TPSA) is 105 Å². The van der Waals surface area contributed by atoms with Gasteiger partial charge in [0.25, 0.3) is 10.0 Å². The van der Waals surface area contributed by atoms with Gasteiger partial charge in [-0.25, -0.2) is 13.4 Å². The predicted octanol–water partition coefficient (Wildman–Crippen LogP) is 0.999. The highest BCUT2D eigenvalue weighted by Crippen LogP contribution is 2.19. The van der Waals surface area contributed by atoms with Crippen LogP contribution in [-0.4, -0.2) is 25.1 Å². The van der Waals surface area contributed by atoms with Crippen molar-refractivity contribution in [2.24, 2.45) is 0 Å². The number of rotatable bonds is 5. The maximum atomic E-state index is 12.2. The van der Waals surface area contributed by atoms with E-state index >= 15 is 0 Å². The first kappa shape index (κ1) is 14.3. The zero-order chi connectivity index (χ0) is 14.6. The second-order valence-electron chi connectivity index (χ2n) is 4.16. The van der Waals surface area contributed by atoms with Crippen LogP contribution in [0.3, 0.4) is 0 Å². The van der Waals surface area contributed by atoms with E-state index in [4.69, 9.17) is 10.8 Å². The minimum atomic E-state index is -3.76. The Morgan fingerprint density at radius 1 is 1.20 bits per heavy atom. The van der Waals surface area contributed by atoms with Crippen molar-refractivity contribution >= 4 is 21.5 Å². The van der Waals surface area contributed by atoms with E-state index in [0.29, 0.717) is 12.1 Å². The number of hydrogen-bond acceptors (Lipinski definition) is 5. The number of aliphatic hydroxyl groups excluding tert-OH is 1. The summed E-state index contributed by atoms with van der Waals surface area (Å²) in [6.07, 6.45) is 1.96. The molecule has 0 saturated carbocycles. The van der Waals surface area contributed by atoms with Gasteiger partial charge in [0.1, 0.15) is 10.7 Å². The van der Waals surface area contributed by atoms with Crippen LogP contribution < -0.4 is 10.5 Å². The SMILES string of the molecule is Nc1ncccc1S(=O)(=O)Nc1ccc(CCO)cc1. The third-order valence-electron chi connectivity index (χ3n) is 2.70. The first-order valence-electron chi connectivity index (χ1n) is 5.96. The fourth-order valence-electron chi connectivity index (χ4n) is 1.71. The molecular weight excluding hydrogens is 278 g/mol. The molecule has 2 aromatic rings. The highest BCUT2D eigenvalue weighted by molar-refractivity contribution is 7.92. The van der Waals surface area contributed by atoms with Crippen LogP contribution in [0, 0.1) is 0 Å². The lowest BCUT2D eigenvalue weighted by Crippen LogP contribution is -2.15. The summed E-state index contributed by atoms with van der Waals surface area (Å²) in [5, 5.41) is 8.82. The number of nitrogens with zero attached hydrogens (tertiary/aromatic N) is 1. The van der Waals surface area contributed by atoms with Crippen LogP contribution in [0.25, 0.3) is 0 Å². The van der Waals surface area contributed by atoms with Crippen LogP contribution in [0.4, 0.5) is 11.5 Å². The summed E-state index contributed by atoms with van der Waals surface area (Å²) in [6, 6.07) is 9.67. The van der Waals surface area contributed by atoms with E-state index in [1.54, 1.807) is 24.3 Å². The Bertz CT molecular complexity index is 684. The molecule has 0 aliphatic heterocycles. The summed E-state index contributed by atoms with van der Waals surface area (Å²) in [6.45, 7) is 0.0529. The Morgan fingerprint density at radius 2 is 1.90 bits per heavy atom. The largest absolute Gasteiger partial charge is 0.396 e. The lowest BCUT2D eigenvalue weighted by Gasteiger charge is -2.09. The van der Waals surface area contributed by atoms with Gasteiger partial charge in [-0.05, 0) is 36.2 Å². The van der Waals surface area contributed by atoms with Gasteiger partial charge in [0, 0.05) is 18.5 Å². The van der Waals surface area contributed by atoms with Crippen molar-refractivity contribution in [3.63, 3.8) is 0 Å². The van der Waals surface area contributed by atoms with Crippen LogP contribution in [0.2, 0.25) is 0 Å². The fraction of sp³-hybridized carbons (Fsp3) is 0.154. The summed E-state index contributed by atoms with van der Waals surface area (Å²) in [5.41, 5.74) is 6.92. The maximum Gasteiger partial charge on any atom is 0.265 e. The Balaban J connectivity index is 2.22. The van der Waals surface area contributed by atoms with Crippen molar-refractivity contribution in [3.8, 4) is 0 Å². The molecule has 0 atom stereocenters. The summed E-state index contributed by atoms with van der Waals surface area (Å²) in [4.78, 5) is 3.70. The van der Waals surface area contributed by atoms with Gasteiger partial charge in [0.15, 0.2) is 0 Å². The number of pyridine rings is 1. The van der Waals surface area contributed by atoms with Crippen molar-refractivity contribution in [1.82, 2.24) is 4.98 Å². The van der Waals surface area contributed by atoms with Gasteiger partial charge in [-0.2, -0.15) is 0 Å². The number of aromatic nitrogens is 1. The molecule has 0 fully saturated rings. The Morgan fingerprint density at radius 3 is 2.50 bits per heavy atom. The summed E-state index contributed by atoms with van der Waals surface area (Å²) in [5.74, 6) is -0.0445. The molecule has 7 heteroatoms. The first-order chi connectivity index (χ1) is 9.53. The molecule has 106 valence electrons. The number of nitrogen functional groups attached to an aromatic ring is 1. The van der Waals surface area contributed by atoms with Crippen molar-refractivity contribution < 1.29 is 13.5 Å². The molecule has 0 amide bonds. The zero-order valence-corrected chi connectivity index (χ0v) is 11.5. The quantitative estimate of drug-likeness (QED) is 0.762. The molecule has 0 saturated heterocycles. The molecule has 1 aromatic heterocycles. The summed E-state index contributed by atoms with van der Waals surface area (Å²) < 4.78 is 26.8. The molecule has 0 bridgehead atoms. The number of benzene rings is 1. The molecule has 0 aliphatic rings. The van der Waals surface area contributed by atoms with Gasteiger partial charge in [-0.15, -0.1) is 0 Å². The lowest BCUT2D eigenvalue weighted by molar-refractivity contribution is 0.299. The highest BCUT2D eigenvalue weighted by Gasteiger charge is 2.17. The number of anilines is 2. The minimum absolute atomic E-state index is 0.0445. The molecule has 2 rings (SSSR count). The van der Waals surface area contributed by atoms with Crippen molar-refractivity contribution in [2.75, 3.05) is 17.1 Å². The smallest absolute Gasteiger partial charge is 0.265 e. The molecule has 0 unspecified atom stereocenters. The van der Waals surface area contributed by atoms with Crippen LogP contribution in [0.5, 0.6) is 0 Å². The standard InChI is InChI=1S/C13H15N3O3S/c14-13-12(2-1-8-15-13)20(18,19)16-11-5-3-10(4-6-11)7-9-17/h1-6,8,16-17H,7,9H2,(H2,14,15). The van der Waals surface area contributed by atoms with E-state index in [1.807, 2.05) is 0 Å². The second kappa shape index (κ2) is 5.89. The van der Waals surface area contributed by atoms with E-state index in [9.17, 15) is 8.42 Å². The molecular formula is C13H15N3O3S. The van der Waals surface area contributed by atoms with Gasteiger partial charge < -0.3 is 10.8 Å². The van der Waals surface area contributed by atoms with Gasteiger partial charge >= 0.3 is 0 Å². The number of nitrogens with two attached hydrogens (primary N) is 1. The molecule has 0 radical (unpaired) electrons. The van der Waals surface area contributed by atoms with E-state index in [1.165, 1.54) is 18.3 Å². The van der Waals surface area contributed by atoms with Crippen LogP contribution in [-0.2, 0) is 16.4 Å². The van der Waals surface area contributed by atoms with Crippen molar-refractivity contribution in [3.05, 3.63) is 48.2 Å². The Labute approximate surface area is 117 Å². The molecule has 1 heterocycles. The van der Waals surface area contributed by atoms with Crippen molar-refractivity contribution in [1.29, 1.82) is 0 Å². The van der Waals surface area contributed by atoms with Crippen molar-refractivity contribution in [2.45, 2.75) is 11.3 Å². The lowest BCUT2D eigenvalue weighted by atomic mass is 10.1. The van der Waals surface area contributed by atoms with Gasteiger partial charge in [0.05, 0.1) is 0 Å². The number of sulfonamides is 1. The molecule has 6 nitrogen and oxygen atoms in total. The van der Waals surface area contributed by atoms with E-state index < -0.39 is 10.0 Å². The van der Waals surface area contributed by atoms with Crippen LogP contribution >= 0.6 is 0 Å². The van der Waals surface area contributed by atoms with Gasteiger partial charge in [0.2, 0.25) is 0 Å². The van der Waals surface area contributed by atoms with Crippen LogP contribution in [0.15, 0.2) is 47.5 Å². The number of nitrogens with one attached hydrogen (secondary N) is 1. The monoisotopic (exact) mass is 293 g/mol. The Hall–Kier alpha value is -2.12. The molecule has 0 aliphatic carbocycles. The van der Waals surface area contributed by atoms with Crippen LogP contribution in [0.1, 0.15) is 5.56 Å². The number of hydrogen-bond donors (Lipinski definition) is 3. The first-order valence-corrected chi connectivity index (χ1v) is 7.44. The van der Waals surface area contributed by atoms with E-state index in [0.717, 1.165) is 5.56 Å². The van der Waals surface area contributed by atoms with Gasteiger partial charge in [-0.1, -0.05) is 12.1 Å².